The van der Waals surface area contributed by atoms with Gasteiger partial charge < -0.3 is 26.2 Å². The van der Waals surface area contributed by atoms with Crippen molar-refractivity contribution in [3.8, 4) is 0 Å². The first-order valence-electron chi connectivity index (χ1n) is 20.1. The third-order valence-corrected chi connectivity index (χ3v) is 12.1. The first-order chi connectivity index (χ1) is 27.2. The maximum atomic E-state index is 14.7. The lowest BCUT2D eigenvalue weighted by molar-refractivity contribution is -0.143. The number of aromatic nitrogens is 1. The van der Waals surface area contributed by atoms with Gasteiger partial charge >= 0.3 is 6.03 Å². The Morgan fingerprint density at radius 2 is 1.68 bits per heavy atom. The zero-order valence-corrected chi connectivity index (χ0v) is 34.8. The number of likely N-dealkylation sites (N-methyl/N-ethyl adjacent to an activating group) is 1. The molecule has 3 aliphatic rings. The molecule has 2 heterocycles. The van der Waals surface area contributed by atoms with Crippen LogP contribution in [0.15, 0.2) is 61.3 Å². The van der Waals surface area contributed by atoms with E-state index in [9.17, 15) is 24.0 Å². The van der Waals surface area contributed by atoms with Crippen LogP contribution in [0.1, 0.15) is 76.8 Å². The molecule has 0 bridgehead atoms. The molecular formula is C42H60N8O6S. The summed E-state index contributed by atoms with van der Waals surface area (Å²) in [7, 11) is 3.64. The molecule has 5 rings (SSSR count). The highest BCUT2D eigenvalue weighted by atomic mass is 32.2. The molecule has 5 amide bonds. The minimum Gasteiger partial charge on any atom is -0.346 e. The van der Waals surface area contributed by atoms with Crippen molar-refractivity contribution < 1.29 is 28.3 Å². The average molecular weight is 805 g/mol. The Morgan fingerprint density at radius 1 is 0.982 bits per heavy atom. The first-order valence-corrected chi connectivity index (χ1v) is 20.8. The van der Waals surface area contributed by atoms with E-state index in [0.29, 0.717) is 51.1 Å². The van der Waals surface area contributed by atoms with E-state index in [1.165, 1.54) is 6.08 Å². The number of amides is 5. The van der Waals surface area contributed by atoms with Crippen LogP contribution in [0.4, 0.5) is 10.6 Å². The van der Waals surface area contributed by atoms with Crippen molar-refractivity contribution in [2.75, 3.05) is 38.0 Å². The van der Waals surface area contributed by atoms with Gasteiger partial charge in [0.2, 0.25) is 17.6 Å². The van der Waals surface area contributed by atoms with Gasteiger partial charge in [-0.3, -0.25) is 23.5 Å². The molecule has 1 aromatic heterocycles. The van der Waals surface area contributed by atoms with E-state index in [4.69, 9.17) is 4.28 Å². The Bertz CT molecular complexity index is 1690. The fraction of sp³-hybridized carbons (Fsp3) is 0.571. The van der Waals surface area contributed by atoms with Gasteiger partial charge in [-0.1, -0.05) is 76.4 Å². The van der Waals surface area contributed by atoms with Crippen molar-refractivity contribution in [1.82, 2.24) is 36.2 Å². The predicted molar refractivity (Wildman–Crippen MR) is 221 cm³/mol. The summed E-state index contributed by atoms with van der Waals surface area (Å²) in [4.78, 5) is 74.5. The van der Waals surface area contributed by atoms with Crippen molar-refractivity contribution in [2.24, 2.45) is 17.3 Å². The number of carbonyl (C=O) groups is 5. The standard InChI is InChI=1S/C42H60N8O6S/c1-7-22-44-39(53)37(51)32(21-20-28-14-12-15-28)45-38(52)33-18-13-24-50(33)40(54)36(31-25-29-16-8-9-17-30(29)26-31)47-41(55)46-34(42(2,3)4)27-48(5)56-57-49(6)35-19-10-11-23-43-35/h7-11,16-17,19,23,28,31-34,36H,1,12-15,18,20-22,24-27H2,2-6H3,(H,44,53)(H,45,52)(H2,46,47,55). The number of hydroxylamine groups is 2. The third kappa shape index (κ3) is 12.0. The topological polar surface area (TPSA) is 165 Å². The largest absolute Gasteiger partial charge is 0.346 e. The maximum absolute atomic E-state index is 14.7. The van der Waals surface area contributed by atoms with Crippen LogP contribution in [0, 0.1) is 17.3 Å². The maximum Gasteiger partial charge on any atom is 0.315 e. The van der Waals surface area contributed by atoms with E-state index in [-0.39, 0.29) is 29.8 Å². The van der Waals surface area contributed by atoms with Gasteiger partial charge in [0.15, 0.2) is 0 Å². The predicted octanol–water partition coefficient (Wildman–Crippen LogP) is 4.37. The second-order valence-corrected chi connectivity index (χ2v) is 17.4. The van der Waals surface area contributed by atoms with Gasteiger partial charge in [0.25, 0.3) is 5.91 Å². The van der Waals surface area contributed by atoms with Crippen LogP contribution in [-0.4, -0.2) is 102 Å². The van der Waals surface area contributed by atoms with Crippen molar-refractivity contribution in [3.05, 3.63) is 72.4 Å². The summed E-state index contributed by atoms with van der Waals surface area (Å²) in [5.74, 6) is -1.34. The number of hydrogen-bond acceptors (Lipinski definition) is 10. The lowest BCUT2D eigenvalue weighted by Crippen LogP contribution is -2.60. The number of urea groups is 1. The molecule has 14 nitrogen and oxygen atoms in total. The smallest absolute Gasteiger partial charge is 0.315 e. The average Bonchev–Trinajstić information content (AvgIpc) is 3.84. The Balaban J connectivity index is 1.28. The molecule has 1 aliphatic heterocycles. The number of benzene rings is 1. The third-order valence-electron chi connectivity index (χ3n) is 11.3. The monoisotopic (exact) mass is 804 g/mol. The summed E-state index contributed by atoms with van der Waals surface area (Å²) in [6.45, 7) is 10.5. The number of rotatable bonds is 19. The minimum atomic E-state index is -1.00. The second-order valence-electron chi connectivity index (χ2n) is 16.6. The Kier molecular flexibility index (Phi) is 15.5. The van der Waals surface area contributed by atoms with Crippen molar-refractivity contribution >= 4 is 47.6 Å². The number of anilines is 1. The highest BCUT2D eigenvalue weighted by molar-refractivity contribution is 7.96. The molecule has 2 aliphatic carbocycles. The second kappa shape index (κ2) is 20.3. The molecule has 4 unspecified atom stereocenters. The molecule has 0 spiro atoms. The van der Waals surface area contributed by atoms with Gasteiger partial charge in [-0.05, 0) is 79.0 Å². The normalized spacial score (nSPS) is 18.5. The first kappa shape index (κ1) is 43.6. The number of ketones is 1. The molecule has 1 saturated heterocycles. The van der Waals surface area contributed by atoms with Crippen molar-refractivity contribution in [3.63, 3.8) is 0 Å². The van der Waals surface area contributed by atoms with Crippen LogP contribution in [0.3, 0.4) is 0 Å². The van der Waals surface area contributed by atoms with Gasteiger partial charge in [-0.25, -0.2) is 14.1 Å². The van der Waals surface area contributed by atoms with Gasteiger partial charge in [-0.2, -0.15) is 5.06 Å². The molecule has 15 heteroatoms. The van der Waals surface area contributed by atoms with Crippen molar-refractivity contribution in [2.45, 2.75) is 103 Å². The number of carbonyl (C=O) groups excluding carboxylic acids is 5. The van der Waals surface area contributed by atoms with E-state index in [1.807, 2.05) is 70.3 Å². The number of nitrogens with one attached hydrogen (secondary N) is 4. The van der Waals surface area contributed by atoms with Gasteiger partial charge in [0.05, 0.1) is 12.1 Å². The zero-order chi connectivity index (χ0) is 41.1. The molecule has 0 radical (unpaired) electrons. The fourth-order valence-electron chi connectivity index (χ4n) is 7.67. The molecule has 4 atom stereocenters. The Labute approximate surface area is 341 Å². The molecular weight excluding hydrogens is 745 g/mol. The van der Waals surface area contributed by atoms with E-state index in [2.05, 4.69) is 32.8 Å². The number of fused-ring (bicyclic) bond motifs is 1. The zero-order valence-electron chi connectivity index (χ0n) is 34.0. The number of hydrogen-bond donors (Lipinski definition) is 4. The molecule has 1 saturated carbocycles. The van der Waals surface area contributed by atoms with Crippen LogP contribution in [-0.2, 0) is 36.3 Å². The summed E-state index contributed by atoms with van der Waals surface area (Å²) < 4.78 is 7.72. The lowest BCUT2D eigenvalue weighted by atomic mass is 9.81. The number of Topliss-reactive ketones (excluding diaryl/α,β-unsaturated/α-hetero) is 1. The quantitative estimate of drug-likeness (QED) is 0.0527. The summed E-state index contributed by atoms with van der Waals surface area (Å²) in [5.41, 5.74) is 1.86. The van der Waals surface area contributed by atoms with E-state index in [0.717, 1.165) is 54.9 Å². The highest BCUT2D eigenvalue weighted by Crippen LogP contribution is 2.33. The molecule has 57 heavy (non-hydrogen) atoms. The van der Waals surface area contributed by atoms with E-state index >= 15 is 0 Å². The molecule has 1 aromatic carbocycles. The fourth-order valence-corrected chi connectivity index (χ4v) is 8.13. The number of pyridine rings is 1. The lowest BCUT2D eigenvalue weighted by Gasteiger charge is -2.36. The van der Waals surface area contributed by atoms with Crippen LogP contribution in [0.2, 0.25) is 0 Å². The van der Waals surface area contributed by atoms with Gasteiger partial charge in [0, 0.05) is 39.9 Å². The van der Waals surface area contributed by atoms with Crippen LogP contribution in [0.5, 0.6) is 0 Å². The molecule has 2 fully saturated rings. The summed E-state index contributed by atoms with van der Waals surface area (Å²) >= 11 is 1.11. The minimum absolute atomic E-state index is 0.135. The summed E-state index contributed by atoms with van der Waals surface area (Å²) in [6.07, 6.45) is 9.71. The van der Waals surface area contributed by atoms with E-state index < -0.39 is 41.8 Å². The summed E-state index contributed by atoms with van der Waals surface area (Å²) in [6, 6.07) is 9.98. The SMILES string of the molecule is C=CCNC(=O)C(=O)C(CCC1CCC1)NC(=O)C1CCCN1C(=O)C(NC(=O)NC(CN(C)OSN(C)c1ccccn1)C(C)(C)C)C1Cc2ccccc2C1. The van der Waals surface area contributed by atoms with Crippen LogP contribution in [0.25, 0.3) is 0 Å². The van der Waals surface area contributed by atoms with Crippen LogP contribution < -0.4 is 25.6 Å². The Hall–Kier alpha value is -4.47. The van der Waals surface area contributed by atoms with Crippen LogP contribution >= 0.6 is 12.2 Å². The molecule has 2 aromatic rings. The molecule has 310 valence electrons. The highest BCUT2D eigenvalue weighted by Gasteiger charge is 2.43. The van der Waals surface area contributed by atoms with Gasteiger partial charge in [-0.15, -0.1) is 6.58 Å². The molecule has 4 N–H and O–H groups in total. The van der Waals surface area contributed by atoms with Gasteiger partial charge in [0.1, 0.15) is 30.1 Å². The Morgan fingerprint density at radius 3 is 2.30 bits per heavy atom. The number of likely N-dealkylation sites (tertiary alicyclic amines) is 1. The van der Waals surface area contributed by atoms with Crippen molar-refractivity contribution in [1.29, 1.82) is 0 Å². The number of nitrogens with zero attached hydrogens (tertiary/aromatic N) is 4. The van der Waals surface area contributed by atoms with E-state index in [1.54, 1.807) is 27.5 Å². The summed E-state index contributed by atoms with van der Waals surface area (Å²) in [5, 5.41) is 13.2.